The first-order chi connectivity index (χ1) is 12.7. The van der Waals surface area contributed by atoms with Crippen LogP contribution in [-0.2, 0) is 6.54 Å². The van der Waals surface area contributed by atoms with E-state index in [1.807, 2.05) is 30.3 Å². The number of nitrogens with one attached hydrogen (secondary N) is 1. The van der Waals surface area contributed by atoms with Crippen molar-refractivity contribution in [3.63, 3.8) is 0 Å². The Kier molecular flexibility index (Phi) is 4.06. The number of hydrogen-bond donors (Lipinski definition) is 1. The minimum Gasteiger partial charge on any atom is -0.346 e. The zero-order valence-corrected chi connectivity index (χ0v) is 14.0. The molecule has 0 saturated heterocycles. The predicted molar refractivity (Wildman–Crippen MR) is 94.2 cm³/mol. The SMILES string of the molecule is Cc1nc(-c2cccnc2)ncc1C(=O)NCc1cccc2ncnn12. The van der Waals surface area contributed by atoms with Crippen LogP contribution in [0.15, 0.2) is 55.2 Å². The Morgan fingerprint density at radius 1 is 1.15 bits per heavy atom. The summed E-state index contributed by atoms with van der Waals surface area (Å²) in [5, 5.41) is 7.03. The summed E-state index contributed by atoms with van der Waals surface area (Å²) in [7, 11) is 0. The summed E-state index contributed by atoms with van der Waals surface area (Å²) in [6.07, 6.45) is 6.40. The lowest BCUT2D eigenvalue weighted by Crippen LogP contribution is -2.25. The number of carbonyl (C=O) groups is 1. The van der Waals surface area contributed by atoms with Gasteiger partial charge in [0.25, 0.3) is 5.91 Å². The van der Waals surface area contributed by atoms with E-state index in [2.05, 4.69) is 30.4 Å². The Balaban J connectivity index is 1.52. The van der Waals surface area contributed by atoms with Crippen molar-refractivity contribution in [2.75, 3.05) is 0 Å². The number of hydrogen-bond acceptors (Lipinski definition) is 6. The summed E-state index contributed by atoms with van der Waals surface area (Å²) in [5.41, 5.74) is 3.41. The normalized spacial score (nSPS) is 10.8. The molecule has 0 saturated carbocycles. The molecule has 0 aliphatic heterocycles. The summed E-state index contributed by atoms with van der Waals surface area (Å²) in [6, 6.07) is 9.31. The van der Waals surface area contributed by atoms with E-state index in [0.717, 1.165) is 16.9 Å². The quantitative estimate of drug-likeness (QED) is 0.606. The Hall–Kier alpha value is -3.68. The fourth-order valence-corrected chi connectivity index (χ4v) is 2.63. The second-order valence-electron chi connectivity index (χ2n) is 5.66. The Bertz CT molecular complexity index is 1080. The highest BCUT2D eigenvalue weighted by Gasteiger charge is 2.13. The molecule has 8 nitrogen and oxygen atoms in total. The van der Waals surface area contributed by atoms with Crippen molar-refractivity contribution < 1.29 is 4.79 Å². The van der Waals surface area contributed by atoms with E-state index in [9.17, 15) is 4.79 Å². The Morgan fingerprint density at radius 3 is 2.88 bits per heavy atom. The largest absolute Gasteiger partial charge is 0.346 e. The van der Waals surface area contributed by atoms with Gasteiger partial charge in [-0.15, -0.1) is 0 Å². The fraction of sp³-hybridized carbons (Fsp3) is 0.111. The van der Waals surface area contributed by atoms with Crippen molar-refractivity contribution in [2.45, 2.75) is 13.5 Å². The van der Waals surface area contributed by atoms with Gasteiger partial charge in [0, 0.05) is 24.2 Å². The minimum absolute atomic E-state index is 0.239. The molecular weight excluding hydrogens is 330 g/mol. The first kappa shape index (κ1) is 15.8. The van der Waals surface area contributed by atoms with Crippen LogP contribution >= 0.6 is 0 Å². The first-order valence-electron chi connectivity index (χ1n) is 8.02. The molecule has 0 unspecified atom stereocenters. The van der Waals surface area contributed by atoms with Gasteiger partial charge < -0.3 is 5.32 Å². The maximum Gasteiger partial charge on any atom is 0.255 e. The monoisotopic (exact) mass is 345 g/mol. The van der Waals surface area contributed by atoms with Crippen molar-refractivity contribution in [2.24, 2.45) is 0 Å². The summed E-state index contributed by atoms with van der Waals surface area (Å²) in [6.45, 7) is 2.11. The molecule has 0 aliphatic rings. The Labute approximate surface area is 149 Å². The van der Waals surface area contributed by atoms with Crippen LogP contribution in [0.25, 0.3) is 17.0 Å². The van der Waals surface area contributed by atoms with Crippen molar-refractivity contribution >= 4 is 11.6 Å². The van der Waals surface area contributed by atoms with Crippen molar-refractivity contribution in [1.29, 1.82) is 0 Å². The van der Waals surface area contributed by atoms with Crippen LogP contribution in [0.4, 0.5) is 0 Å². The molecule has 0 spiro atoms. The van der Waals surface area contributed by atoms with Gasteiger partial charge in [-0.2, -0.15) is 5.10 Å². The van der Waals surface area contributed by atoms with E-state index in [0.29, 0.717) is 23.6 Å². The number of fused-ring (bicyclic) bond motifs is 1. The third kappa shape index (κ3) is 3.00. The molecule has 0 bridgehead atoms. The van der Waals surface area contributed by atoms with Crippen LogP contribution in [0.1, 0.15) is 21.7 Å². The lowest BCUT2D eigenvalue weighted by Gasteiger charge is -2.09. The lowest BCUT2D eigenvalue weighted by molar-refractivity contribution is 0.0949. The van der Waals surface area contributed by atoms with Crippen LogP contribution in [-0.4, -0.2) is 35.5 Å². The number of carbonyl (C=O) groups excluding carboxylic acids is 1. The molecule has 0 aromatic carbocycles. The van der Waals surface area contributed by atoms with E-state index in [4.69, 9.17) is 0 Å². The van der Waals surface area contributed by atoms with Gasteiger partial charge in [-0.3, -0.25) is 9.78 Å². The average molecular weight is 345 g/mol. The molecule has 4 aromatic rings. The topological polar surface area (TPSA) is 98.0 Å². The molecule has 1 N–H and O–H groups in total. The summed E-state index contributed by atoms with van der Waals surface area (Å²) >= 11 is 0. The second kappa shape index (κ2) is 6.67. The highest BCUT2D eigenvalue weighted by Crippen LogP contribution is 2.15. The van der Waals surface area contributed by atoms with Gasteiger partial charge in [0.15, 0.2) is 11.5 Å². The first-order valence-corrected chi connectivity index (χ1v) is 8.02. The van der Waals surface area contributed by atoms with Crippen LogP contribution in [0.2, 0.25) is 0 Å². The Morgan fingerprint density at radius 2 is 2.08 bits per heavy atom. The summed E-state index contributed by atoms with van der Waals surface area (Å²) in [5.74, 6) is 0.303. The predicted octanol–water partition coefficient (Wildman–Crippen LogP) is 1.82. The molecule has 26 heavy (non-hydrogen) atoms. The van der Waals surface area contributed by atoms with Crippen molar-refractivity contribution in [1.82, 2.24) is 34.9 Å². The van der Waals surface area contributed by atoms with Crippen LogP contribution in [0, 0.1) is 6.92 Å². The summed E-state index contributed by atoms with van der Waals surface area (Å²) in [4.78, 5) is 29.4. The molecule has 8 heteroatoms. The lowest BCUT2D eigenvalue weighted by atomic mass is 10.2. The van der Waals surface area contributed by atoms with E-state index in [-0.39, 0.29) is 5.91 Å². The third-order valence-electron chi connectivity index (χ3n) is 3.95. The molecule has 4 rings (SSSR count). The van der Waals surface area contributed by atoms with E-state index < -0.39 is 0 Å². The minimum atomic E-state index is -0.239. The number of amides is 1. The van der Waals surface area contributed by atoms with Gasteiger partial charge >= 0.3 is 0 Å². The number of aryl methyl sites for hydroxylation is 1. The molecule has 0 aliphatic carbocycles. The van der Waals surface area contributed by atoms with Crippen LogP contribution in [0.5, 0.6) is 0 Å². The third-order valence-corrected chi connectivity index (χ3v) is 3.95. The van der Waals surface area contributed by atoms with Gasteiger partial charge in [0.05, 0.1) is 23.5 Å². The van der Waals surface area contributed by atoms with E-state index in [1.54, 1.807) is 23.8 Å². The standard InChI is InChI=1S/C18H15N7O/c1-12-15(10-20-17(24-12)13-4-3-7-19-8-13)18(26)21-9-14-5-2-6-16-22-11-23-25(14)16/h2-8,10-11H,9H2,1H3,(H,21,26). The molecule has 0 fully saturated rings. The van der Waals surface area contributed by atoms with Crippen molar-refractivity contribution in [3.8, 4) is 11.4 Å². The smallest absolute Gasteiger partial charge is 0.255 e. The number of pyridine rings is 2. The maximum absolute atomic E-state index is 12.5. The zero-order chi connectivity index (χ0) is 17.9. The molecule has 1 amide bonds. The number of rotatable bonds is 4. The number of aromatic nitrogens is 6. The molecule has 4 aromatic heterocycles. The number of nitrogens with zero attached hydrogens (tertiary/aromatic N) is 6. The highest BCUT2D eigenvalue weighted by molar-refractivity contribution is 5.95. The van der Waals surface area contributed by atoms with Gasteiger partial charge in [0.1, 0.15) is 6.33 Å². The average Bonchev–Trinajstić information content (AvgIpc) is 3.16. The van der Waals surface area contributed by atoms with Gasteiger partial charge in [-0.05, 0) is 31.2 Å². The second-order valence-corrected chi connectivity index (χ2v) is 5.66. The zero-order valence-electron chi connectivity index (χ0n) is 14.0. The molecule has 4 heterocycles. The highest BCUT2D eigenvalue weighted by atomic mass is 16.1. The van der Waals surface area contributed by atoms with Gasteiger partial charge in [-0.25, -0.2) is 19.5 Å². The molecule has 0 atom stereocenters. The molecule has 128 valence electrons. The molecule has 0 radical (unpaired) electrons. The molecular formula is C18H15N7O. The van der Waals surface area contributed by atoms with Gasteiger partial charge in [0.2, 0.25) is 0 Å². The van der Waals surface area contributed by atoms with Crippen LogP contribution < -0.4 is 5.32 Å². The maximum atomic E-state index is 12.5. The fourth-order valence-electron chi connectivity index (χ4n) is 2.63. The van der Waals surface area contributed by atoms with Gasteiger partial charge in [-0.1, -0.05) is 6.07 Å². The van der Waals surface area contributed by atoms with E-state index >= 15 is 0 Å². The van der Waals surface area contributed by atoms with Crippen LogP contribution in [0.3, 0.4) is 0 Å². The van der Waals surface area contributed by atoms with E-state index in [1.165, 1.54) is 12.5 Å². The van der Waals surface area contributed by atoms with Crippen molar-refractivity contribution in [3.05, 3.63) is 72.2 Å². The summed E-state index contributed by atoms with van der Waals surface area (Å²) < 4.78 is 1.69.